The van der Waals surface area contributed by atoms with Gasteiger partial charge >= 0.3 is 5.69 Å². The molecule has 1 amide bonds. The molecule has 0 radical (unpaired) electrons. The Morgan fingerprint density at radius 2 is 2.12 bits per heavy atom. The molecule has 0 saturated heterocycles. The van der Waals surface area contributed by atoms with Crippen molar-refractivity contribution in [2.24, 2.45) is 5.92 Å². The Kier molecular flexibility index (Phi) is 3.86. The van der Waals surface area contributed by atoms with Gasteiger partial charge in [-0.3, -0.25) is 9.20 Å². The smallest absolute Gasteiger partial charge is 0.331 e. The Morgan fingerprint density at radius 3 is 2.85 bits per heavy atom. The van der Waals surface area contributed by atoms with Gasteiger partial charge in [-0.15, -0.1) is 0 Å². The molecule has 134 valence electrons. The highest BCUT2D eigenvalue weighted by molar-refractivity contribution is 5.79. The fourth-order valence-corrected chi connectivity index (χ4v) is 3.62. The van der Waals surface area contributed by atoms with Crippen molar-refractivity contribution in [3.05, 3.63) is 58.0 Å². The number of aromatic amines is 1. The van der Waals surface area contributed by atoms with Crippen LogP contribution in [0.5, 0.6) is 0 Å². The second-order valence-electron chi connectivity index (χ2n) is 6.86. The molecule has 26 heavy (non-hydrogen) atoms. The Balaban J connectivity index is 1.85. The SMILES string of the molecule is CN(C)C(=O)C1CCc2[nH]c(=O)n3cc(-c4ccccc4F)nc3c2C1. The molecule has 0 saturated carbocycles. The summed E-state index contributed by atoms with van der Waals surface area (Å²) in [6.45, 7) is 0. The second-order valence-corrected chi connectivity index (χ2v) is 6.86. The highest BCUT2D eigenvalue weighted by atomic mass is 19.1. The van der Waals surface area contributed by atoms with Gasteiger partial charge in [-0.05, 0) is 31.4 Å². The average Bonchev–Trinajstić information content (AvgIpc) is 3.07. The molecule has 0 fully saturated rings. The summed E-state index contributed by atoms with van der Waals surface area (Å²) >= 11 is 0. The number of rotatable bonds is 2. The first-order chi connectivity index (χ1) is 12.5. The van der Waals surface area contributed by atoms with E-state index >= 15 is 0 Å². The number of halogens is 1. The van der Waals surface area contributed by atoms with Crippen LogP contribution in [0.1, 0.15) is 17.7 Å². The van der Waals surface area contributed by atoms with E-state index in [1.807, 2.05) is 0 Å². The van der Waals surface area contributed by atoms with Crippen LogP contribution in [0.3, 0.4) is 0 Å². The number of aromatic nitrogens is 3. The summed E-state index contributed by atoms with van der Waals surface area (Å²) in [5.74, 6) is -0.455. The van der Waals surface area contributed by atoms with E-state index < -0.39 is 0 Å². The molecule has 0 spiro atoms. The van der Waals surface area contributed by atoms with Crippen molar-refractivity contribution in [1.29, 1.82) is 0 Å². The molecule has 7 heteroatoms. The maximum atomic E-state index is 14.1. The molecular weight excluding hydrogens is 335 g/mol. The highest BCUT2D eigenvalue weighted by Gasteiger charge is 2.29. The van der Waals surface area contributed by atoms with Gasteiger partial charge in [0.15, 0.2) is 0 Å². The fourth-order valence-electron chi connectivity index (χ4n) is 3.62. The molecule has 6 nitrogen and oxygen atoms in total. The second kappa shape index (κ2) is 6.09. The number of H-pyrrole nitrogens is 1. The van der Waals surface area contributed by atoms with Crippen LogP contribution in [-0.2, 0) is 17.6 Å². The van der Waals surface area contributed by atoms with Crippen molar-refractivity contribution >= 4 is 11.6 Å². The van der Waals surface area contributed by atoms with Crippen LogP contribution in [0, 0.1) is 11.7 Å². The highest BCUT2D eigenvalue weighted by Crippen LogP contribution is 2.29. The third-order valence-corrected chi connectivity index (χ3v) is 4.95. The topological polar surface area (TPSA) is 70.5 Å². The number of aryl methyl sites for hydroxylation is 1. The molecule has 3 aromatic rings. The van der Waals surface area contributed by atoms with E-state index in [4.69, 9.17) is 0 Å². The monoisotopic (exact) mass is 354 g/mol. The van der Waals surface area contributed by atoms with E-state index in [2.05, 4.69) is 9.97 Å². The van der Waals surface area contributed by atoms with Gasteiger partial charge in [0.05, 0.1) is 5.69 Å². The zero-order valence-electron chi connectivity index (χ0n) is 14.6. The summed E-state index contributed by atoms with van der Waals surface area (Å²) < 4.78 is 15.5. The normalized spacial score (nSPS) is 16.5. The number of carbonyl (C=O) groups excluding carboxylic acids is 1. The Hall–Kier alpha value is -2.96. The summed E-state index contributed by atoms with van der Waals surface area (Å²) in [4.78, 5) is 33.8. The zero-order chi connectivity index (χ0) is 18.4. The first-order valence-corrected chi connectivity index (χ1v) is 8.55. The summed E-state index contributed by atoms with van der Waals surface area (Å²) in [6, 6.07) is 6.34. The van der Waals surface area contributed by atoms with E-state index in [0.29, 0.717) is 36.2 Å². The number of nitrogens with one attached hydrogen (secondary N) is 1. The molecule has 0 bridgehead atoms. The number of carbonyl (C=O) groups is 1. The third kappa shape index (κ3) is 2.60. The van der Waals surface area contributed by atoms with Gasteiger partial charge in [0.2, 0.25) is 5.91 Å². The lowest BCUT2D eigenvalue weighted by Crippen LogP contribution is -2.34. The molecule has 1 aliphatic carbocycles. The van der Waals surface area contributed by atoms with Gasteiger partial charge < -0.3 is 9.88 Å². The molecule has 2 aromatic heterocycles. The molecule has 1 N–H and O–H groups in total. The molecular formula is C19H19FN4O2. The molecule has 1 atom stereocenters. The van der Waals surface area contributed by atoms with E-state index in [9.17, 15) is 14.0 Å². The minimum absolute atomic E-state index is 0.0703. The lowest BCUT2D eigenvalue weighted by Gasteiger charge is -2.25. The number of benzene rings is 1. The van der Waals surface area contributed by atoms with Gasteiger partial charge in [-0.2, -0.15) is 0 Å². The summed E-state index contributed by atoms with van der Waals surface area (Å²) in [5, 5.41) is 0. The molecule has 4 rings (SSSR count). The number of hydrogen-bond donors (Lipinski definition) is 1. The maximum absolute atomic E-state index is 14.1. The summed E-state index contributed by atoms with van der Waals surface area (Å²) in [6.07, 6.45) is 3.37. The van der Waals surface area contributed by atoms with Crippen molar-refractivity contribution < 1.29 is 9.18 Å². The van der Waals surface area contributed by atoms with Crippen molar-refractivity contribution in [1.82, 2.24) is 19.3 Å². The molecule has 2 heterocycles. The quantitative estimate of drug-likeness (QED) is 0.765. The number of hydrogen-bond acceptors (Lipinski definition) is 3. The van der Waals surface area contributed by atoms with Crippen LogP contribution < -0.4 is 5.69 Å². The maximum Gasteiger partial charge on any atom is 0.331 e. The molecule has 0 aliphatic heterocycles. The van der Waals surface area contributed by atoms with E-state index in [0.717, 1.165) is 11.3 Å². The van der Waals surface area contributed by atoms with Crippen LogP contribution in [-0.4, -0.2) is 39.3 Å². The zero-order valence-corrected chi connectivity index (χ0v) is 14.6. The van der Waals surface area contributed by atoms with Gasteiger partial charge in [-0.25, -0.2) is 14.2 Å². The first kappa shape index (κ1) is 16.5. The van der Waals surface area contributed by atoms with Gasteiger partial charge in [0.1, 0.15) is 11.5 Å². The van der Waals surface area contributed by atoms with Crippen LogP contribution in [0.15, 0.2) is 35.3 Å². The van der Waals surface area contributed by atoms with Crippen molar-refractivity contribution in [2.75, 3.05) is 14.1 Å². The molecule has 1 aromatic carbocycles. The number of imidazole rings is 1. The van der Waals surface area contributed by atoms with E-state index in [-0.39, 0.29) is 23.3 Å². The van der Waals surface area contributed by atoms with Gasteiger partial charge in [0.25, 0.3) is 0 Å². The predicted octanol–water partition coefficient (Wildman–Crippen LogP) is 2.02. The Morgan fingerprint density at radius 1 is 1.35 bits per heavy atom. The van der Waals surface area contributed by atoms with Crippen molar-refractivity contribution in [3.8, 4) is 11.3 Å². The van der Waals surface area contributed by atoms with Crippen LogP contribution in [0.4, 0.5) is 4.39 Å². The minimum Gasteiger partial charge on any atom is -0.349 e. The largest absolute Gasteiger partial charge is 0.349 e. The molecule has 1 unspecified atom stereocenters. The predicted molar refractivity (Wildman–Crippen MR) is 95.4 cm³/mol. The number of amides is 1. The van der Waals surface area contributed by atoms with Gasteiger partial charge in [0, 0.05) is 43.0 Å². The third-order valence-electron chi connectivity index (χ3n) is 4.95. The minimum atomic E-state index is -0.387. The van der Waals surface area contributed by atoms with E-state index in [1.165, 1.54) is 10.5 Å². The molecule has 1 aliphatic rings. The van der Waals surface area contributed by atoms with Crippen molar-refractivity contribution in [2.45, 2.75) is 19.3 Å². The summed E-state index contributed by atoms with van der Waals surface area (Å²) in [5.41, 5.74) is 2.63. The van der Waals surface area contributed by atoms with Crippen molar-refractivity contribution in [3.63, 3.8) is 0 Å². The lowest BCUT2D eigenvalue weighted by atomic mass is 9.86. The lowest BCUT2D eigenvalue weighted by molar-refractivity contribution is -0.133. The van der Waals surface area contributed by atoms with E-state index in [1.54, 1.807) is 43.4 Å². The first-order valence-electron chi connectivity index (χ1n) is 8.55. The average molecular weight is 354 g/mol. The Labute approximate surface area is 149 Å². The standard InChI is InChI=1S/C19H19FN4O2/c1-23(2)18(25)11-7-8-15-13(9-11)17-21-16(10-24(17)19(26)22-15)12-5-3-4-6-14(12)20/h3-6,10-11H,7-9H2,1-2H3,(H,22,26). The van der Waals surface area contributed by atoms with Crippen LogP contribution >= 0.6 is 0 Å². The number of nitrogens with zero attached hydrogens (tertiary/aromatic N) is 3. The Bertz CT molecular complexity index is 1070. The fraction of sp³-hybridized carbons (Fsp3) is 0.316. The van der Waals surface area contributed by atoms with Gasteiger partial charge in [-0.1, -0.05) is 12.1 Å². The van der Waals surface area contributed by atoms with Crippen LogP contribution in [0.2, 0.25) is 0 Å². The number of fused-ring (bicyclic) bond motifs is 3. The van der Waals surface area contributed by atoms with Crippen LogP contribution in [0.25, 0.3) is 16.9 Å². The summed E-state index contributed by atoms with van der Waals surface area (Å²) in [7, 11) is 3.48.